The molecule has 2 aromatic rings. The smallest absolute Gasteiger partial charge is 0.0504 e. The van der Waals surface area contributed by atoms with E-state index in [2.05, 4.69) is 72.5 Å². The minimum atomic E-state index is -0.190. The average Bonchev–Trinajstić information content (AvgIpc) is 2.56. The zero-order valence-electron chi connectivity index (χ0n) is 14.5. The zero-order chi connectivity index (χ0) is 17.3. The number of hydrogen-bond acceptors (Lipinski definition) is 3. The molecule has 0 aliphatic rings. The van der Waals surface area contributed by atoms with E-state index in [-0.39, 0.29) is 5.41 Å². The van der Waals surface area contributed by atoms with E-state index in [9.17, 15) is 0 Å². The largest absolute Gasteiger partial charge is 0.411 e. The van der Waals surface area contributed by atoms with Crippen LogP contribution in [0.15, 0.2) is 71.9 Å². The van der Waals surface area contributed by atoms with Gasteiger partial charge in [-0.05, 0) is 11.1 Å². The minimum Gasteiger partial charge on any atom is -0.411 e. The summed E-state index contributed by atoms with van der Waals surface area (Å²) in [4.78, 5) is 2.36. The van der Waals surface area contributed by atoms with Gasteiger partial charge < -0.3 is 5.21 Å². The predicted octanol–water partition coefficient (Wildman–Crippen LogP) is 4.69. The van der Waals surface area contributed by atoms with E-state index in [0.717, 1.165) is 19.6 Å². The minimum absolute atomic E-state index is 0.190. The Morgan fingerprint density at radius 1 is 1.00 bits per heavy atom. The molecule has 2 aromatic carbocycles. The molecule has 126 valence electrons. The van der Waals surface area contributed by atoms with Gasteiger partial charge >= 0.3 is 0 Å². The lowest BCUT2D eigenvalue weighted by molar-refractivity contribution is 0.230. The third-order valence-electron chi connectivity index (χ3n) is 3.76. The van der Waals surface area contributed by atoms with Crippen LogP contribution in [0.2, 0.25) is 0 Å². The Hall–Kier alpha value is -2.39. The summed E-state index contributed by atoms with van der Waals surface area (Å²) in [6.45, 7) is 6.66. The van der Waals surface area contributed by atoms with E-state index in [1.807, 2.05) is 24.3 Å². The van der Waals surface area contributed by atoms with Crippen molar-refractivity contribution >= 4 is 12.3 Å². The third kappa shape index (κ3) is 6.39. The summed E-state index contributed by atoms with van der Waals surface area (Å²) >= 11 is 0. The maximum Gasteiger partial charge on any atom is 0.0504 e. The molecule has 0 fully saturated rings. The molecule has 0 aromatic heterocycles. The van der Waals surface area contributed by atoms with Crippen molar-refractivity contribution in [3.05, 3.63) is 77.9 Å². The van der Waals surface area contributed by atoms with E-state index in [4.69, 9.17) is 5.21 Å². The first-order chi connectivity index (χ1) is 11.6. The van der Waals surface area contributed by atoms with Crippen LogP contribution in [-0.2, 0) is 6.54 Å². The quantitative estimate of drug-likeness (QED) is 0.435. The lowest BCUT2D eigenvalue weighted by Crippen LogP contribution is -2.35. The molecule has 3 nitrogen and oxygen atoms in total. The van der Waals surface area contributed by atoms with E-state index < -0.39 is 0 Å². The first-order valence-corrected chi connectivity index (χ1v) is 8.25. The molecule has 0 saturated heterocycles. The van der Waals surface area contributed by atoms with Gasteiger partial charge in [0, 0.05) is 25.0 Å². The van der Waals surface area contributed by atoms with Crippen LogP contribution in [0.3, 0.4) is 0 Å². The molecule has 2 rings (SSSR count). The van der Waals surface area contributed by atoms with Crippen LogP contribution in [0.25, 0.3) is 6.08 Å². The van der Waals surface area contributed by atoms with Gasteiger partial charge in [-0.15, -0.1) is 5.16 Å². The summed E-state index contributed by atoms with van der Waals surface area (Å²) in [5, 5.41) is 12.1. The topological polar surface area (TPSA) is 35.8 Å². The van der Waals surface area contributed by atoms with Crippen LogP contribution in [0.1, 0.15) is 25.0 Å². The summed E-state index contributed by atoms with van der Waals surface area (Å²) in [6.07, 6.45) is 5.93. The maximum absolute atomic E-state index is 8.87. The van der Waals surface area contributed by atoms with Gasteiger partial charge in [-0.2, -0.15) is 0 Å². The second-order valence-corrected chi connectivity index (χ2v) is 6.70. The van der Waals surface area contributed by atoms with Crippen molar-refractivity contribution < 1.29 is 5.21 Å². The van der Waals surface area contributed by atoms with Crippen LogP contribution >= 0.6 is 0 Å². The highest BCUT2D eigenvalue weighted by molar-refractivity contribution is 5.64. The van der Waals surface area contributed by atoms with Crippen molar-refractivity contribution in [2.75, 3.05) is 13.1 Å². The Morgan fingerprint density at radius 3 is 2.25 bits per heavy atom. The molecule has 3 heteroatoms. The highest BCUT2D eigenvalue weighted by Gasteiger charge is 2.19. The first kappa shape index (κ1) is 18.0. The van der Waals surface area contributed by atoms with Crippen molar-refractivity contribution in [1.82, 2.24) is 4.90 Å². The number of rotatable bonds is 8. The van der Waals surface area contributed by atoms with E-state index in [0.29, 0.717) is 0 Å². The number of oxime groups is 1. The molecule has 0 unspecified atom stereocenters. The van der Waals surface area contributed by atoms with E-state index in [1.54, 1.807) is 6.21 Å². The average molecular weight is 322 g/mol. The van der Waals surface area contributed by atoms with Crippen molar-refractivity contribution in [2.24, 2.45) is 10.6 Å². The number of hydrogen-bond donors (Lipinski definition) is 1. The highest BCUT2D eigenvalue weighted by Crippen LogP contribution is 2.16. The van der Waals surface area contributed by atoms with Gasteiger partial charge in [0.05, 0.1) is 6.21 Å². The van der Waals surface area contributed by atoms with Crippen LogP contribution in [-0.4, -0.2) is 29.4 Å². The van der Waals surface area contributed by atoms with Gasteiger partial charge in [0.2, 0.25) is 0 Å². The summed E-state index contributed by atoms with van der Waals surface area (Å²) in [5.74, 6) is 0. The van der Waals surface area contributed by atoms with E-state index in [1.165, 1.54) is 11.1 Å². The standard InChI is InChI=1S/C21H26N2O/c1-21(2,17-22-24)18-23(16-20-12-7-4-8-13-20)15-9-14-19-10-5-3-6-11-19/h3-14,17,24H,15-16,18H2,1-2H3/b14-9+,22-17?. The molecule has 0 saturated carbocycles. The van der Waals surface area contributed by atoms with Crippen molar-refractivity contribution in [2.45, 2.75) is 20.4 Å². The molecule has 1 N–H and O–H groups in total. The third-order valence-corrected chi connectivity index (χ3v) is 3.76. The Bertz CT molecular complexity index is 648. The van der Waals surface area contributed by atoms with Gasteiger partial charge in [-0.3, -0.25) is 4.90 Å². The molecule has 0 bridgehead atoms. The Morgan fingerprint density at radius 2 is 1.62 bits per heavy atom. The van der Waals surface area contributed by atoms with Crippen molar-refractivity contribution in [1.29, 1.82) is 0 Å². The van der Waals surface area contributed by atoms with Gasteiger partial charge in [-0.25, -0.2) is 0 Å². The van der Waals surface area contributed by atoms with Gasteiger partial charge in [0.25, 0.3) is 0 Å². The lowest BCUT2D eigenvalue weighted by atomic mass is 9.94. The lowest BCUT2D eigenvalue weighted by Gasteiger charge is -2.29. The second kappa shape index (κ2) is 9.04. The summed E-state index contributed by atoms with van der Waals surface area (Å²) in [7, 11) is 0. The van der Waals surface area contributed by atoms with Crippen molar-refractivity contribution in [3.63, 3.8) is 0 Å². The highest BCUT2D eigenvalue weighted by atomic mass is 16.4. The van der Waals surface area contributed by atoms with Crippen LogP contribution < -0.4 is 0 Å². The fourth-order valence-electron chi connectivity index (χ4n) is 2.70. The van der Waals surface area contributed by atoms with Gasteiger partial charge in [0.15, 0.2) is 0 Å². The summed E-state index contributed by atoms with van der Waals surface area (Å²) in [5.41, 5.74) is 2.29. The Balaban J connectivity index is 2.05. The summed E-state index contributed by atoms with van der Waals surface area (Å²) < 4.78 is 0. The Kier molecular flexibility index (Phi) is 6.76. The van der Waals surface area contributed by atoms with Crippen LogP contribution in [0.4, 0.5) is 0 Å². The summed E-state index contributed by atoms with van der Waals surface area (Å²) in [6, 6.07) is 20.7. The SMILES string of the molecule is CC(C)(C=NO)CN(C/C=C/c1ccccc1)Cc1ccccc1. The molecule has 0 atom stereocenters. The molecule has 0 spiro atoms. The van der Waals surface area contributed by atoms with E-state index >= 15 is 0 Å². The van der Waals surface area contributed by atoms with Gasteiger partial charge in [0.1, 0.15) is 0 Å². The predicted molar refractivity (Wildman–Crippen MR) is 101 cm³/mol. The first-order valence-electron chi connectivity index (χ1n) is 8.25. The molecule has 0 heterocycles. The molecule has 0 aliphatic carbocycles. The Labute approximate surface area is 144 Å². The molecular weight excluding hydrogens is 296 g/mol. The fourth-order valence-corrected chi connectivity index (χ4v) is 2.70. The molecule has 0 radical (unpaired) electrons. The fraction of sp³-hybridized carbons (Fsp3) is 0.286. The molecular formula is C21H26N2O. The van der Waals surface area contributed by atoms with Crippen LogP contribution in [0, 0.1) is 5.41 Å². The monoisotopic (exact) mass is 322 g/mol. The normalized spacial score (nSPS) is 12.5. The molecule has 0 amide bonds. The number of benzene rings is 2. The molecule has 24 heavy (non-hydrogen) atoms. The van der Waals surface area contributed by atoms with Crippen LogP contribution in [0.5, 0.6) is 0 Å². The maximum atomic E-state index is 8.87. The number of nitrogens with zero attached hydrogens (tertiary/aromatic N) is 2. The van der Waals surface area contributed by atoms with Crippen molar-refractivity contribution in [3.8, 4) is 0 Å². The zero-order valence-corrected chi connectivity index (χ0v) is 14.5. The second-order valence-electron chi connectivity index (χ2n) is 6.70. The van der Waals surface area contributed by atoms with Gasteiger partial charge in [-0.1, -0.05) is 86.7 Å². The molecule has 0 aliphatic heterocycles.